The van der Waals surface area contributed by atoms with Crippen LogP contribution in [0.15, 0.2) is 30.3 Å². The molecule has 1 aliphatic heterocycles. The highest BCUT2D eigenvalue weighted by atomic mass is 19.4. The quantitative estimate of drug-likeness (QED) is 0.155. The number of carbonyl (C=O) groups excluding carboxylic acids is 2. The van der Waals surface area contributed by atoms with E-state index in [-0.39, 0.29) is 24.8 Å². The molecule has 2 aromatic rings. The number of anilines is 1. The number of halogens is 6. The standard InChI is InChI=1S/C33H42F6N2O6/c1-6-8-9-10-11-12-13-47-29-19-27-25(18-28(29)44-4)26(14-21(3)41(27)31(43)46-7-2)40(30(42)45-5)20-22-15-23(32(34,35)36)17-24(16-22)33(37,38)39/h15-19,21,26H,6-14,20H2,1-5H3. The van der Waals surface area contributed by atoms with E-state index in [0.717, 1.165) is 50.5 Å². The lowest BCUT2D eigenvalue weighted by Crippen LogP contribution is -2.47. The van der Waals surface area contributed by atoms with Crippen LogP contribution in [0.4, 0.5) is 41.6 Å². The molecule has 2 aromatic carbocycles. The van der Waals surface area contributed by atoms with Gasteiger partial charge < -0.3 is 18.9 Å². The summed E-state index contributed by atoms with van der Waals surface area (Å²) in [7, 11) is 2.46. The number of carbonyl (C=O) groups is 2. The van der Waals surface area contributed by atoms with Gasteiger partial charge in [0, 0.05) is 24.2 Å². The maximum Gasteiger partial charge on any atom is 0.416 e. The van der Waals surface area contributed by atoms with E-state index in [9.17, 15) is 35.9 Å². The lowest BCUT2D eigenvalue weighted by atomic mass is 9.90. The molecule has 2 unspecified atom stereocenters. The monoisotopic (exact) mass is 676 g/mol. The molecule has 8 nitrogen and oxygen atoms in total. The van der Waals surface area contributed by atoms with Crippen molar-refractivity contribution in [2.45, 2.75) is 96.7 Å². The summed E-state index contributed by atoms with van der Waals surface area (Å²) >= 11 is 0. The average Bonchev–Trinajstić information content (AvgIpc) is 3.01. The van der Waals surface area contributed by atoms with Gasteiger partial charge in [-0.05, 0) is 56.5 Å². The van der Waals surface area contributed by atoms with E-state index in [1.54, 1.807) is 26.0 Å². The fourth-order valence-electron chi connectivity index (χ4n) is 5.66. The van der Waals surface area contributed by atoms with Crippen molar-refractivity contribution < 1.29 is 54.9 Å². The third kappa shape index (κ3) is 9.60. The zero-order chi connectivity index (χ0) is 34.9. The van der Waals surface area contributed by atoms with Crippen LogP contribution >= 0.6 is 0 Å². The van der Waals surface area contributed by atoms with E-state index in [2.05, 4.69) is 6.92 Å². The zero-order valence-corrected chi connectivity index (χ0v) is 27.2. The first-order valence-electron chi connectivity index (χ1n) is 15.6. The second-order valence-electron chi connectivity index (χ2n) is 11.4. The molecule has 3 rings (SSSR count). The molecule has 47 heavy (non-hydrogen) atoms. The molecule has 2 amide bonds. The molecule has 0 fully saturated rings. The van der Waals surface area contributed by atoms with E-state index in [0.29, 0.717) is 35.7 Å². The molecule has 0 radical (unpaired) electrons. The largest absolute Gasteiger partial charge is 0.493 e. The van der Waals surface area contributed by atoms with Crippen LogP contribution in [0.1, 0.15) is 94.0 Å². The Labute approximate surface area is 270 Å². The maximum absolute atomic E-state index is 13.6. The summed E-state index contributed by atoms with van der Waals surface area (Å²) in [5.41, 5.74) is -2.79. The first kappa shape index (κ1) is 37.6. The number of alkyl halides is 6. The van der Waals surface area contributed by atoms with Crippen molar-refractivity contribution in [3.05, 3.63) is 52.6 Å². The first-order chi connectivity index (χ1) is 22.2. The van der Waals surface area contributed by atoms with Crippen molar-refractivity contribution >= 4 is 17.9 Å². The van der Waals surface area contributed by atoms with Gasteiger partial charge in [-0.25, -0.2) is 9.59 Å². The minimum Gasteiger partial charge on any atom is -0.493 e. The number of hydrogen-bond donors (Lipinski definition) is 0. The lowest BCUT2D eigenvalue weighted by molar-refractivity contribution is -0.143. The van der Waals surface area contributed by atoms with Crippen LogP contribution < -0.4 is 14.4 Å². The molecule has 0 aliphatic carbocycles. The highest BCUT2D eigenvalue weighted by molar-refractivity contribution is 5.91. The summed E-state index contributed by atoms with van der Waals surface area (Å²) in [6, 6.07) is 2.73. The normalized spacial score (nSPS) is 16.4. The lowest BCUT2D eigenvalue weighted by Gasteiger charge is -2.42. The van der Waals surface area contributed by atoms with Crippen molar-refractivity contribution in [1.82, 2.24) is 4.90 Å². The van der Waals surface area contributed by atoms with Gasteiger partial charge in [0.05, 0.1) is 50.3 Å². The zero-order valence-electron chi connectivity index (χ0n) is 27.2. The third-order valence-electron chi connectivity index (χ3n) is 7.94. The average molecular weight is 677 g/mol. The van der Waals surface area contributed by atoms with E-state index >= 15 is 0 Å². The van der Waals surface area contributed by atoms with Gasteiger partial charge in [-0.15, -0.1) is 0 Å². The highest BCUT2D eigenvalue weighted by Crippen LogP contribution is 2.47. The topological polar surface area (TPSA) is 77.5 Å². The fraction of sp³-hybridized carbons (Fsp3) is 0.576. The summed E-state index contributed by atoms with van der Waals surface area (Å²) in [6.45, 7) is 5.25. The molecule has 14 heteroatoms. The van der Waals surface area contributed by atoms with Gasteiger partial charge in [-0.2, -0.15) is 26.3 Å². The minimum absolute atomic E-state index is 0.0266. The van der Waals surface area contributed by atoms with Gasteiger partial charge >= 0.3 is 24.5 Å². The number of methoxy groups -OCH3 is 2. The molecule has 2 atom stereocenters. The Morgan fingerprint density at radius 2 is 1.49 bits per heavy atom. The number of benzene rings is 2. The second kappa shape index (κ2) is 16.3. The van der Waals surface area contributed by atoms with Crippen LogP contribution in [-0.4, -0.2) is 50.6 Å². The van der Waals surface area contributed by atoms with Crippen LogP contribution in [0, 0.1) is 0 Å². The number of nitrogens with zero attached hydrogens (tertiary/aromatic N) is 2. The Bertz CT molecular complexity index is 1330. The molecule has 262 valence electrons. The molecule has 1 heterocycles. The molecule has 0 bridgehead atoms. The number of rotatable bonds is 13. The van der Waals surface area contributed by atoms with Crippen LogP contribution in [0.25, 0.3) is 0 Å². The fourth-order valence-corrected chi connectivity index (χ4v) is 5.66. The van der Waals surface area contributed by atoms with E-state index in [1.807, 2.05) is 0 Å². The van der Waals surface area contributed by atoms with E-state index in [4.69, 9.17) is 18.9 Å². The summed E-state index contributed by atoms with van der Waals surface area (Å²) in [6.07, 6.45) is -5.56. The number of amides is 2. The van der Waals surface area contributed by atoms with Crippen LogP contribution in [0.3, 0.4) is 0 Å². The predicted octanol–water partition coefficient (Wildman–Crippen LogP) is 9.54. The Balaban J connectivity index is 2.09. The Morgan fingerprint density at radius 1 is 0.872 bits per heavy atom. The summed E-state index contributed by atoms with van der Waals surface area (Å²) in [5.74, 6) is 0.584. The number of unbranched alkanes of at least 4 members (excludes halogenated alkanes) is 5. The van der Waals surface area contributed by atoms with Gasteiger partial charge in [-0.3, -0.25) is 9.80 Å². The van der Waals surface area contributed by atoms with Crippen LogP contribution in [0.5, 0.6) is 11.5 Å². The van der Waals surface area contributed by atoms with Crippen LogP contribution in [-0.2, 0) is 28.4 Å². The number of ether oxygens (including phenoxy) is 4. The summed E-state index contributed by atoms with van der Waals surface area (Å²) in [5, 5.41) is 0. The van der Waals surface area contributed by atoms with Crippen molar-refractivity contribution in [2.75, 3.05) is 32.3 Å². The van der Waals surface area contributed by atoms with E-state index in [1.165, 1.54) is 12.0 Å². The Kier molecular flexibility index (Phi) is 13.1. The van der Waals surface area contributed by atoms with Gasteiger partial charge in [-0.1, -0.05) is 39.0 Å². The highest BCUT2D eigenvalue weighted by Gasteiger charge is 2.42. The van der Waals surface area contributed by atoms with Gasteiger partial charge in [0.1, 0.15) is 0 Å². The first-order valence-corrected chi connectivity index (χ1v) is 15.6. The molecule has 0 saturated carbocycles. The number of hydrogen-bond acceptors (Lipinski definition) is 6. The number of fused-ring (bicyclic) bond motifs is 1. The molecular weight excluding hydrogens is 634 g/mol. The molecule has 1 aliphatic rings. The van der Waals surface area contributed by atoms with Crippen molar-refractivity contribution in [2.24, 2.45) is 0 Å². The van der Waals surface area contributed by atoms with Gasteiger partial charge in [0.25, 0.3) is 0 Å². The Hall–Kier alpha value is -3.84. The smallest absolute Gasteiger partial charge is 0.416 e. The van der Waals surface area contributed by atoms with Crippen molar-refractivity contribution in [3.8, 4) is 11.5 Å². The molecule has 0 spiro atoms. The molecular formula is C33H42F6N2O6. The second-order valence-corrected chi connectivity index (χ2v) is 11.4. The molecule has 0 aromatic heterocycles. The minimum atomic E-state index is -5.07. The summed E-state index contributed by atoms with van der Waals surface area (Å²) < 4.78 is 104. The van der Waals surface area contributed by atoms with Gasteiger partial charge in [0.2, 0.25) is 0 Å². The van der Waals surface area contributed by atoms with Crippen LogP contribution in [0.2, 0.25) is 0 Å². The Morgan fingerprint density at radius 3 is 2.04 bits per heavy atom. The molecule has 0 N–H and O–H groups in total. The van der Waals surface area contributed by atoms with Crippen molar-refractivity contribution in [1.29, 1.82) is 0 Å². The predicted molar refractivity (Wildman–Crippen MR) is 163 cm³/mol. The van der Waals surface area contributed by atoms with Crippen molar-refractivity contribution in [3.63, 3.8) is 0 Å². The summed E-state index contributed by atoms with van der Waals surface area (Å²) in [4.78, 5) is 28.8. The SMILES string of the molecule is CCCCCCCCOc1cc2c(cc1OC)C(N(Cc1cc(C(F)(F)F)cc(C(F)(F)F)c1)C(=O)OC)CC(C)N2C(=O)OCC. The maximum atomic E-state index is 13.6. The third-order valence-corrected chi connectivity index (χ3v) is 7.94. The van der Waals surface area contributed by atoms with E-state index < -0.39 is 59.9 Å². The molecule has 0 saturated heterocycles. The van der Waals surface area contributed by atoms with Gasteiger partial charge in [0.15, 0.2) is 11.5 Å².